The molecule has 27 heavy (non-hydrogen) atoms. The fourth-order valence-electron chi connectivity index (χ4n) is 2.39. The summed E-state index contributed by atoms with van der Waals surface area (Å²) in [6.07, 6.45) is 0. The van der Waals surface area contributed by atoms with Crippen molar-refractivity contribution < 1.29 is 18.3 Å². The lowest BCUT2D eigenvalue weighted by Crippen LogP contribution is -2.22. The summed E-state index contributed by atoms with van der Waals surface area (Å²) in [6.45, 7) is 0.314. The van der Waals surface area contributed by atoms with Gasteiger partial charge in [-0.15, -0.1) is 0 Å². The van der Waals surface area contributed by atoms with Crippen LogP contribution in [0, 0.1) is 11.6 Å². The van der Waals surface area contributed by atoms with Gasteiger partial charge in [0.25, 0.3) is 0 Å². The molecule has 0 aromatic heterocycles. The van der Waals surface area contributed by atoms with Crippen LogP contribution in [0.3, 0.4) is 0 Å². The Kier molecular flexibility index (Phi) is 5.99. The van der Waals surface area contributed by atoms with Crippen molar-refractivity contribution in [1.29, 1.82) is 0 Å². The van der Waals surface area contributed by atoms with Gasteiger partial charge in [-0.3, -0.25) is 4.79 Å². The lowest BCUT2D eigenvalue weighted by molar-refractivity contribution is -0.114. The highest BCUT2D eigenvalue weighted by Gasteiger charge is 2.07. The Bertz CT molecular complexity index is 900. The molecule has 0 aliphatic rings. The van der Waals surface area contributed by atoms with Crippen molar-refractivity contribution in [2.75, 3.05) is 17.2 Å². The monoisotopic (exact) mass is 368 g/mol. The van der Waals surface area contributed by atoms with Gasteiger partial charge in [0.1, 0.15) is 24.0 Å². The van der Waals surface area contributed by atoms with Crippen LogP contribution in [0.5, 0.6) is 5.75 Å². The lowest BCUT2D eigenvalue weighted by atomic mass is 10.2. The van der Waals surface area contributed by atoms with Crippen LogP contribution >= 0.6 is 0 Å². The summed E-state index contributed by atoms with van der Waals surface area (Å²) in [5, 5.41) is 5.32. The second kappa shape index (κ2) is 8.80. The highest BCUT2D eigenvalue weighted by molar-refractivity contribution is 5.93. The second-order valence-electron chi connectivity index (χ2n) is 5.82. The van der Waals surface area contributed by atoms with Gasteiger partial charge in [-0.1, -0.05) is 30.3 Å². The average Bonchev–Trinajstić information content (AvgIpc) is 2.67. The maximum absolute atomic E-state index is 13.5. The molecule has 0 unspecified atom stereocenters. The van der Waals surface area contributed by atoms with Gasteiger partial charge in [0.15, 0.2) is 0 Å². The van der Waals surface area contributed by atoms with E-state index in [0.717, 1.165) is 17.7 Å². The van der Waals surface area contributed by atoms with Crippen molar-refractivity contribution in [2.24, 2.45) is 0 Å². The summed E-state index contributed by atoms with van der Waals surface area (Å²) in [4.78, 5) is 12.0. The molecule has 0 radical (unpaired) electrons. The number of halogens is 2. The minimum atomic E-state index is -0.747. The molecule has 2 N–H and O–H groups in total. The quantitative estimate of drug-likeness (QED) is 0.641. The molecule has 0 aliphatic carbocycles. The van der Waals surface area contributed by atoms with E-state index in [1.54, 1.807) is 24.3 Å². The van der Waals surface area contributed by atoms with Crippen molar-refractivity contribution in [3.05, 3.63) is 90.0 Å². The van der Waals surface area contributed by atoms with Crippen molar-refractivity contribution in [3.8, 4) is 5.75 Å². The molecule has 0 fully saturated rings. The molecule has 0 spiro atoms. The number of amides is 1. The maximum Gasteiger partial charge on any atom is 0.243 e. The summed E-state index contributed by atoms with van der Waals surface area (Å²) in [5.41, 5.74) is 1.72. The number of anilines is 2. The maximum atomic E-state index is 13.5. The molecule has 3 aromatic rings. The second-order valence-corrected chi connectivity index (χ2v) is 5.82. The molecular formula is C21H18F2N2O2. The molecule has 0 aliphatic heterocycles. The van der Waals surface area contributed by atoms with Crippen LogP contribution in [0.25, 0.3) is 0 Å². The van der Waals surface area contributed by atoms with Crippen molar-refractivity contribution >= 4 is 17.3 Å². The number of rotatable bonds is 7. The third-order valence-corrected chi connectivity index (χ3v) is 3.76. The number of hydrogen-bond acceptors (Lipinski definition) is 3. The third-order valence-electron chi connectivity index (χ3n) is 3.76. The van der Waals surface area contributed by atoms with Crippen molar-refractivity contribution in [3.63, 3.8) is 0 Å². The highest BCUT2D eigenvalue weighted by Crippen LogP contribution is 2.18. The van der Waals surface area contributed by atoms with Crippen molar-refractivity contribution in [1.82, 2.24) is 0 Å². The van der Waals surface area contributed by atoms with Gasteiger partial charge in [-0.05, 0) is 42.0 Å². The van der Waals surface area contributed by atoms with Gasteiger partial charge in [0, 0.05) is 11.8 Å². The van der Waals surface area contributed by atoms with Gasteiger partial charge in [-0.2, -0.15) is 0 Å². The van der Waals surface area contributed by atoms with E-state index in [4.69, 9.17) is 4.74 Å². The number of hydrogen-bond donors (Lipinski definition) is 2. The molecule has 3 rings (SSSR count). The zero-order valence-electron chi connectivity index (χ0n) is 14.4. The van der Waals surface area contributed by atoms with E-state index in [2.05, 4.69) is 10.6 Å². The van der Waals surface area contributed by atoms with Crippen LogP contribution < -0.4 is 15.4 Å². The molecule has 0 saturated carbocycles. The molecule has 4 nitrogen and oxygen atoms in total. The molecule has 0 heterocycles. The predicted molar refractivity (Wildman–Crippen MR) is 101 cm³/mol. The van der Waals surface area contributed by atoms with E-state index in [1.807, 2.05) is 30.3 Å². The van der Waals surface area contributed by atoms with Crippen LogP contribution in [0.1, 0.15) is 5.56 Å². The molecular weight excluding hydrogens is 350 g/mol. The van der Waals surface area contributed by atoms with Gasteiger partial charge in [0.05, 0.1) is 12.2 Å². The number of carbonyl (C=O) groups excluding carboxylic acids is 1. The first-order chi connectivity index (χ1) is 13.1. The molecule has 0 saturated heterocycles. The molecule has 3 aromatic carbocycles. The normalized spacial score (nSPS) is 10.3. The fourth-order valence-corrected chi connectivity index (χ4v) is 2.39. The Labute approximate surface area is 155 Å². The van der Waals surface area contributed by atoms with E-state index >= 15 is 0 Å². The summed E-state index contributed by atoms with van der Waals surface area (Å²) < 4.78 is 32.1. The third kappa shape index (κ3) is 5.54. The molecule has 6 heteroatoms. The van der Waals surface area contributed by atoms with Crippen LogP contribution in [0.2, 0.25) is 0 Å². The predicted octanol–water partition coefficient (Wildman–Crippen LogP) is 4.59. The number of nitrogens with one attached hydrogen (secondary N) is 2. The zero-order chi connectivity index (χ0) is 19.1. The van der Waals surface area contributed by atoms with Gasteiger partial charge < -0.3 is 15.4 Å². The largest absolute Gasteiger partial charge is 0.489 e. The first-order valence-electron chi connectivity index (χ1n) is 8.36. The Morgan fingerprint density at radius 3 is 2.37 bits per heavy atom. The fraction of sp³-hybridized carbons (Fsp3) is 0.0952. The van der Waals surface area contributed by atoms with Gasteiger partial charge in [0.2, 0.25) is 5.91 Å². The standard InChI is InChI=1S/C21H18F2N2O2/c22-16-6-11-20(19(23)12-16)24-13-21(26)25-17-7-9-18(10-8-17)27-14-15-4-2-1-3-5-15/h1-12,24H,13-14H2,(H,25,26). The molecule has 0 bridgehead atoms. The number of carbonyl (C=O) groups is 1. The summed E-state index contributed by atoms with van der Waals surface area (Å²) in [7, 11) is 0. The molecule has 1 amide bonds. The molecule has 138 valence electrons. The van der Waals surface area contributed by atoms with E-state index in [0.29, 0.717) is 18.0 Å². The van der Waals surface area contributed by atoms with E-state index in [9.17, 15) is 13.6 Å². The number of ether oxygens (including phenoxy) is 1. The SMILES string of the molecule is O=C(CNc1ccc(F)cc1F)Nc1ccc(OCc2ccccc2)cc1. The first-order valence-corrected chi connectivity index (χ1v) is 8.36. The topological polar surface area (TPSA) is 50.4 Å². The van der Waals surface area contributed by atoms with Gasteiger partial charge >= 0.3 is 0 Å². The first kappa shape index (κ1) is 18.4. The minimum absolute atomic E-state index is 0.0659. The van der Waals surface area contributed by atoms with E-state index in [1.165, 1.54) is 6.07 Å². The Balaban J connectivity index is 1.48. The molecule has 0 atom stereocenters. The van der Waals surface area contributed by atoms with Crippen LogP contribution in [0.15, 0.2) is 72.8 Å². The Morgan fingerprint density at radius 1 is 0.926 bits per heavy atom. The van der Waals surface area contributed by atoms with Crippen molar-refractivity contribution in [2.45, 2.75) is 6.61 Å². The summed E-state index contributed by atoms with van der Waals surface area (Å²) in [5.74, 6) is -1.08. The van der Waals surface area contributed by atoms with E-state index < -0.39 is 11.6 Å². The summed E-state index contributed by atoms with van der Waals surface area (Å²) >= 11 is 0. The number of benzene rings is 3. The Morgan fingerprint density at radius 2 is 1.67 bits per heavy atom. The summed E-state index contributed by atoms with van der Waals surface area (Å²) in [6, 6.07) is 19.9. The average molecular weight is 368 g/mol. The van der Waals surface area contributed by atoms with Crippen LogP contribution in [-0.2, 0) is 11.4 Å². The minimum Gasteiger partial charge on any atom is -0.489 e. The van der Waals surface area contributed by atoms with E-state index in [-0.39, 0.29) is 18.1 Å². The van der Waals surface area contributed by atoms with Crippen LogP contribution in [-0.4, -0.2) is 12.5 Å². The highest BCUT2D eigenvalue weighted by atomic mass is 19.1. The van der Waals surface area contributed by atoms with Gasteiger partial charge in [-0.25, -0.2) is 8.78 Å². The smallest absolute Gasteiger partial charge is 0.243 e. The Hall–Kier alpha value is -3.41. The zero-order valence-corrected chi connectivity index (χ0v) is 14.4. The van der Waals surface area contributed by atoms with Crippen LogP contribution in [0.4, 0.5) is 20.2 Å². The lowest BCUT2D eigenvalue weighted by Gasteiger charge is -2.10.